The monoisotopic (exact) mass is 507 g/mol. The summed E-state index contributed by atoms with van der Waals surface area (Å²) in [6, 6.07) is 29.6. The molecule has 5 aromatic rings. The average Bonchev–Trinajstić information content (AvgIpc) is 3.88. The van der Waals surface area contributed by atoms with Gasteiger partial charge in [0.15, 0.2) is 0 Å². The third kappa shape index (κ3) is 1.49. The molecule has 2 bridgehead atoms. The third-order valence-corrected chi connectivity index (χ3v) is 26.8. The van der Waals surface area contributed by atoms with Gasteiger partial charge in [0.2, 0.25) is 0 Å². The predicted octanol–water partition coefficient (Wildman–Crippen LogP) is 1.07. The van der Waals surface area contributed by atoms with Crippen LogP contribution < -0.4 is 31.3 Å². The summed E-state index contributed by atoms with van der Waals surface area (Å²) < 4.78 is 9.21. The Morgan fingerprint density at radius 2 is 1.63 bits per heavy atom. The fourth-order valence-electron chi connectivity index (χ4n) is 10.3. The fourth-order valence-corrected chi connectivity index (χ4v) is 29.7. The second-order valence-electron chi connectivity index (χ2n) is 13.3. The van der Waals surface area contributed by atoms with Crippen LogP contribution in [0.15, 0.2) is 78.9 Å². The average molecular weight is 506 g/mol. The van der Waals surface area contributed by atoms with Crippen LogP contribution in [0.5, 0.6) is 11.5 Å². The van der Waals surface area contributed by atoms with Crippen LogP contribution >= 0.6 is 12.7 Å². The van der Waals surface area contributed by atoms with Crippen molar-refractivity contribution in [1.29, 1.82) is 0 Å². The Morgan fingerprint density at radius 3 is 2.42 bits per heavy atom. The Kier molecular flexibility index (Phi) is 2.48. The standard InChI is InChI=1S/C24H14B9N2OP2/c1-3-8-17-14(6-1)15-12-13-21(37(29-25-30(37)33(29)37)34-38-26-31(38)32(38)27-38)23-24(15)35(17)18-9-5-11-20-22(18)28(23)16-7-2-4-10-19(16)36-20/h1-13,34H/q-2. The maximum atomic E-state index is 6.62. The quantitative estimate of drug-likeness (QED) is 0.287. The fraction of sp³-hybridized carbons (Fsp3) is 0. The molecular weight excluding hydrogens is 492 g/mol. The number of benzene rings is 4. The number of rotatable bonds is 3. The van der Waals surface area contributed by atoms with Gasteiger partial charge in [0.05, 0.1) is 0 Å². The van der Waals surface area contributed by atoms with E-state index >= 15 is 0 Å². The molecule has 14 rings (SSSR count). The molecule has 9 aliphatic rings. The van der Waals surface area contributed by atoms with Crippen LogP contribution in [0.3, 0.4) is 0 Å². The second kappa shape index (κ2) is 4.96. The van der Waals surface area contributed by atoms with Crippen LogP contribution in [0.2, 0.25) is 0 Å². The Bertz CT molecular complexity index is 2120. The van der Waals surface area contributed by atoms with Gasteiger partial charge < -0.3 is 0 Å². The van der Waals surface area contributed by atoms with E-state index in [1.807, 2.05) is 0 Å². The van der Waals surface area contributed by atoms with Gasteiger partial charge in [0.1, 0.15) is 0 Å². The Morgan fingerprint density at radius 1 is 0.816 bits per heavy atom. The molecule has 0 saturated carbocycles. The zero-order valence-electron chi connectivity index (χ0n) is 20.5. The number of ether oxygens (including phenoxy) is 1. The van der Waals surface area contributed by atoms with E-state index in [1.165, 1.54) is 38.4 Å². The van der Waals surface area contributed by atoms with Crippen molar-refractivity contribution in [2.75, 3.05) is 0 Å². The van der Waals surface area contributed by atoms with Gasteiger partial charge >= 0.3 is 225 Å². The van der Waals surface area contributed by atoms with Crippen molar-refractivity contribution in [3.8, 4) is 17.2 Å². The first-order valence-corrected chi connectivity index (χ1v) is 19.0. The van der Waals surface area contributed by atoms with Gasteiger partial charge in [-0.1, -0.05) is 0 Å². The zero-order chi connectivity index (χ0) is 24.0. The third-order valence-electron chi connectivity index (χ3n) is 12.4. The summed E-state index contributed by atoms with van der Waals surface area (Å²) in [5, 5.41) is 4.50. The number of para-hydroxylation sites is 2. The molecule has 7 saturated heterocycles. The normalized spacial score (nSPS) is 27.1. The van der Waals surface area contributed by atoms with Gasteiger partial charge in [0, 0.05) is 0 Å². The second-order valence-corrected chi connectivity index (χ2v) is 23.6. The molecule has 0 amide bonds. The summed E-state index contributed by atoms with van der Waals surface area (Å²) >= 11 is 0. The van der Waals surface area contributed by atoms with Crippen molar-refractivity contribution in [3.63, 3.8) is 0 Å². The maximum absolute atomic E-state index is 6.62. The minimum absolute atomic E-state index is 0.217. The number of aromatic nitrogens is 1. The molecule has 165 valence electrons. The molecule has 7 fully saturated rings. The van der Waals surface area contributed by atoms with E-state index in [4.69, 9.17) is 9.59 Å². The summed E-state index contributed by atoms with van der Waals surface area (Å²) in [5.41, 5.74) is 8.33. The summed E-state index contributed by atoms with van der Waals surface area (Å²) in [6.07, 6.45) is 0.751. The molecule has 10 heterocycles. The van der Waals surface area contributed by atoms with E-state index in [2.05, 4.69) is 104 Å². The van der Waals surface area contributed by atoms with Crippen LogP contribution in [0.4, 0.5) is 0 Å². The van der Waals surface area contributed by atoms with E-state index in [-0.39, 0.29) is 6.71 Å². The summed E-state index contributed by atoms with van der Waals surface area (Å²) in [4.78, 5) is 4.73. The van der Waals surface area contributed by atoms with Gasteiger partial charge in [-0.15, -0.1) is 0 Å². The number of hydrogen-bond donors (Lipinski definition) is 1. The van der Waals surface area contributed by atoms with E-state index in [0.717, 1.165) is 42.6 Å². The van der Waals surface area contributed by atoms with Gasteiger partial charge in [-0.3, -0.25) is 0 Å². The van der Waals surface area contributed by atoms with Gasteiger partial charge in [0.25, 0.3) is 0 Å². The molecule has 1 spiro atoms. The molecule has 0 unspecified atom stereocenters. The molecule has 3 nitrogen and oxygen atoms in total. The molecule has 9 aliphatic heterocycles. The first kappa shape index (κ1) is 19.0. The number of nitrogens with zero attached hydrogens (tertiary/aromatic N) is 1. The molecule has 1 N–H and O–H groups in total. The van der Waals surface area contributed by atoms with E-state index in [9.17, 15) is 0 Å². The van der Waals surface area contributed by atoms with Crippen LogP contribution in [0.1, 0.15) is 0 Å². The van der Waals surface area contributed by atoms with Crippen molar-refractivity contribution in [1.82, 2.24) is 9.42 Å². The van der Waals surface area contributed by atoms with E-state index in [1.54, 1.807) is 10.8 Å². The van der Waals surface area contributed by atoms with E-state index < -0.39 is 12.7 Å². The molecule has 0 atom stereocenters. The van der Waals surface area contributed by atoms with E-state index in [0.29, 0.717) is 0 Å². The van der Waals surface area contributed by atoms with Gasteiger partial charge in [-0.25, -0.2) is 0 Å². The van der Waals surface area contributed by atoms with Crippen molar-refractivity contribution in [2.24, 2.45) is 0 Å². The topological polar surface area (TPSA) is 26.2 Å². The number of nitrogens with one attached hydrogen (secondary N) is 1. The van der Waals surface area contributed by atoms with Crippen LogP contribution in [-0.2, 0) is 0 Å². The minimum atomic E-state index is -2.12. The summed E-state index contributed by atoms with van der Waals surface area (Å²) in [7, 11) is 2.71. The summed E-state index contributed by atoms with van der Waals surface area (Å²) in [5.74, 6) is 2.05. The van der Waals surface area contributed by atoms with Crippen molar-refractivity contribution < 1.29 is 4.74 Å². The van der Waals surface area contributed by atoms with Crippen LogP contribution in [0, 0.1) is 0 Å². The molecular formula is C24H14B9N2OP2-2. The number of fused-ring (bicyclic) bond motifs is 8. The molecule has 14 heteroatoms. The first-order chi connectivity index (χ1) is 18.7. The zero-order valence-corrected chi connectivity index (χ0v) is 22.2. The molecule has 5 radical (unpaired) electrons. The molecule has 1 aromatic heterocycles. The molecule has 0 aliphatic carbocycles. The van der Waals surface area contributed by atoms with Crippen molar-refractivity contribution in [2.45, 2.75) is 0 Å². The Labute approximate surface area is 224 Å². The molecule has 4 aromatic carbocycles. The molecule has 38 heavy (non-hydrogen) atoms. The summed E-state index contributed by atoms with van der Waals surface area (Å²) in [6.45, 7) is 5.72. The predicted molar refractivity (Wildman–Crippen MR) is 175 cm³/mol. The van der Waals surface area contributed by atoms with Crippen molar-refractivity contribution >= 4 is 115 Å². The van der Waals surface area contributed by atoms with Gasteiger partial charge in [-0.2, -0.15) is 0 Å². The van der Waals surface area contributed by atoms with Crippen LogP contribution in [-0.4, -0.2) is 63.2 Å². The Balaban J connectivity index is 1.23. The van der Waals surface area contributed by atoms with Gasteiger partial charge in [-0.05, 0) is 0 Å². The SMILES string of the molecule is [B]1B2B3[B-]P123NP12(c3ccc4c5ccccc5n5c4c3B3c4ccccc4Oc4cccc-5c43)B3[B-]B1B32. The van der Waals surface area contributed by atoms with Crippen LogP contribution in [0.25, 0.3) is 27.5 Å². The van der Waals surface area contributed by atoms with Crippen molar-refractivity contribution in [3.05, 3.63) is 78.9 Å². The number of hydrogen-bond acceptors (Lipinski definition) is 2. The first-order valence-electron chi connectivity index (χ1n) is 14.1. The Hall–Kier alpha value is -2.12.